The lowest BCUT2D eigenvalue weighted by molar-refractivity contribution is -0.154. The number of hydrogen-bond acceptors (Lipinski definition) is 5. The average molecular weight is 454 g/mol. The molecule has 0 saturated heterocycles. The molecule has 0 aromatic heterocycles. The second-order valence-corrected chi connectivity index (χ2v) is 9.64. The molecule has 0 saturated carbocycles. The Balaban J connectivity index is 3.33. The van der Waals surface area contributed by atoms with Crippen LogP contribution in [0.2, 0.25) is 0 Å². The van der Waals surface area contributed by atoms with Gasteiger partial charge in [0.25, 0.3) is 0 Å². The fourth-order valence-electron chi connectivity index (χ4n) is 3.36. The predicted molar refractivity (Wildman–Crippen MR) is 134 cm³/mol. The van der Waals surface area contributed by atoms with Crippen LogP contribution in [0.4, 0.5) is 0 Å². The van der Waals surface area contributed by atoms with Gasteiger partial charge in [-0.3, -0.25) is 9.59 Å². The van der Waals surface area contributed by atoms with Crippen molar-refractivity contribution in [2.24, 2.45) is 0 Å². The molecule has 0 amide bonds. The van der Waals surface area contributed by atoms with Gasteiger partial charge in [-0.15, -0.1) is 0 Å². The van der Waals surface area contributed by atoms with Gasteiger partial charge in [-0.25, -0.2) is 0 Å². The van der Waals surface area contributed by atoms with Crippen LogP contribution in [-0.4, -0.2) is 37.2 Å². The molecule has 0 heterocycles. The van der Waals surface area contributed by atoms with Crippen LogP contribution in [0.3, 0.4) is 0 Å². The monoisotopic (exact) mass is 453 g/mol. The summed E-state index contributed by atoms with van der Waals surface area (Å²) in [4.78, 5) is 23.3. The van der Waals surface area contributed by atoms with E-state index in [1.54, 1.807) is 0 Å². The fraction of sp³-hybridized carbons (Fsp3) is 0.852. The first-order valence-corrected chi connectivity index (χ1v) is 13.1. The van der Waals surface area contributed by atoms with Gasteiger partial charge in [0.1, 0.15) is 12.2 Å². The van der Waals surface area contributed by atoms with Crippen molar-refractivity contribution in [2.45, 2.75) is 130 Å². The van der Waals surface area contributed by atoms with Crippen molar-refractivity contribution in [3.05, 3.63) is 12.2 Å². The van der Waals surface area contributed by atoms with Crippen LogP contribution in [0.25, 0.3) is 0 Å². The van der Waals surface area contributed by atoms with Gasteiger partial charge < -0.3 is 14.8 Å². The quantitative estimate of drug-likeness (QED) is 0.116. The Hall–Kier alpha value is -1.36. The zero-order valence-corrected chi connectivity index (χ0v) is 21.5. The number of carbonyl (C=O) groups is 2. The molecule has 0 aromatic rings. The summed E-state index contributed by atoms with van der Waals surface area (Å²) in [6, 6.07) is 0. The standard InChI is InChI=1S/C27H51NO4/c1-5-6-7-8-9-10-11-12-13-14-15-16-17-18-19-20-25(29)31-24-23-28-22-21-26(30)32-27(2,3)4/h12-13,28H,5-11,14-24H2,1-4H3/b13-12-. The van der Waals surface area contributed by atoms with E-state index < -0.39 is 5.60 Å². The summed E-state index contributed by atoms with van der Waals surface area (Å²) in [6.07, 6.45) is 21.8. The van der Waals surface area contributed by atoms with Crippen molar-refractivity contribution in [1.29, 1.82) is 0 Å². The topological polar surface area (TPSA) is 64.6 Å². The van der Waals surface area contributed by atoms with Gasteiger partial charge in [-0.1, -0.05) is 70.4 Å². The van der Waals surface area contributed by atoms with E-state index in [0.717, 1.165) is 12.8 Å². The van der Waals surface area contributed by atoms with Crippen molar-refractivity contribution in [2.75, 3.05) is 19.7 Å². The highest BCUT2D eigenvalue weighted by molar-refractivity contribution is 5.70. The Bertz CT molecular complexity index is 483. The zero-order chi connectivity index (χ0) is 23.9. The summed E-state index contributed by atoms with van der Waals surface area (Å²) < 4.78 is 10.5. The van der Waals surface area contributed by atoms with E-state index in [0.29, 0.717) is 32.5 Å². The molecule has 0 fully saturated rings. The minimum Gasteiger partial charge on any atom is -0.464 e. The molecule has 5 heteroatoms. The van der Waals surface area contributed by atoms with E-state index >= 15 is 0 Å². The van der Waals surface area contributed by atoms with E-state index in [2.05, 4.69) is 24.4 Å². The first kappa shape index (κ1) is 30.6. The van der Waals surface area contributed by atoms with Crippen LogP contribution in [-0.2, 0) is 19.1 Å². The molecule has 32 heavy (non-hydrogen) atoms. The zero-order valence-electron chi connectivity index (χ0n) is 21.5. The summed E-state index contributed by atoms with van der Waals surface area (Å²) in [5, 5.41) is 3.10. The summed E-state index contributed by atoms with van der Waals surface area (Å²) in [6.45, 7) is 9.26. The molecule has 0 aliphatic heterocycles. The molecule has 0 rings (SSSR count). The number of allylic oxidation sites excluding steroid dienone is 2. The van der Waals surface area contributed by atoms with E-state index in [9.17, 15) is 9.59 Å². The molecule has 0 bridgehead atoms. The van der Waals surface area contributed by atoms with Gasteiger partial charge in [0.05, 0.1) is 6.42 Å². The molecule has 1 N–H and O–H groups in total. The maximum Gasteiger partial charge on any atom is 0.307 e. The maximum atomic E-state index is 11.7. The Labute approximate surface area is 198 Å². The third-order valence-corrected chi connectivity index (χ3v) is 5.11. The molecule has 5 nitrogen and oxygen atoms in total. The van der Waals surface area contributed by atoms with Crippen molar-refractivity contribution < 1.29 is 19.1 Å². The highest BCUT2D eigenvalue weighted by Crippen LogP contribution is 2.10. The summed E-state index contributed by atoms with van der Waals surface area (Å²) >= 11 is 0. The lowest BCUT2D eigenvalue weighted by atomic mass is 10.1. The van der Waals surface area contributed by atoms with E-state index in [1.807, 2.05) is 20.8 Å². The van der Waals surface area contributed by atoms with Crippen LogP contribution >= 0.6 is 0 Å². The smallest absolute Gasteiger partial charge is 0.307 e. The normalized spacial score (nSPS) is 11.8. The van der Waals surface area contributed by atoms with E-state index in [4.69, 9.17) is 9.47 Å². The number of nitrogens with one attached hydrogen (secondary N) is 1. The van der Waals surface area contributed by atoms with Crippen molar-refractivity contribution >= 4 is 11.9 Å². The van der Waals surface area contributed by atoms with Crippen LogP contribution in [0.5, 0.6) is 0 Å². The average Bonchev–Trinajstić information content (AvgIpc) is 2.72. The number of unbranched alkanes of at least 4 members (excludes halogenated alkanes) is 11. The highest BCUT2D eigenvalue weighted by atomic mass is 16.6. The minimum absolute atomic E-state index is 0.128. The SMILES string of the molecule is CCCCCCCC/C=C\CCCCCCCC(=O)OCCNCCC(=O)OC(C)(C)C. The number of hydrogen-bond donors (Lipinski definition) is 1. The Kier molecular flexibility index (Phi) is 20.6. The molecule has 0 unspecified atom stereocenters. The van der Waals surface area contributed by atoms with Gasteiger partial charge in [0, 0.05) is 19.5 Å². The van der Waals surface area contributed by atoms with Gasteiger partial charge in [-0.2, -0.15) is 0 Å². The third kappa shape index (κ3) is 24.9. The highest BCUT2D eigenvalue weighted by Gasteiger charge is 2.15. The number of ether oxygens (including phenoxy) is 2. The molecule has 0 aliphatic rings. The van der Waals surface area contributed by atoms with Crippen molar-refractivity contribution in [1.82, 2.24) is 5.32 Å². The molecule has 0 spiro atoms. The molecule has 0 radical (unpaired) electrons. The molecule has 188 valence electrons. The minimum atomic E-state index is -0.448. The molecule has 0 aromatic carbocycles. The molecule has 0 atom stereocenters. The summed E-state index contributed by atoms with van der Waals surface area (Å²) in [7, 11) is 0. The lowest BCUT2D eigenvalue weighted by Crippen LogP contribution is -2.28. The van der Waals surface area contributed by atoms with Crippen molar-refractivity contribution in [3.8, 4) is 0 Å². The Morgan fingerprint density at radius 2 is 1.28 bits per heavy atom. The number of rotatable bonds is 21. The first-order chi connectivity index (χ1) is 15.3. The summed E-state index contributed by atoms with van der Waals surface area (Å²) in [5.74, 6) is -0.345. The largest absolute Gasteiger partial charge is 0.464 e. The Morgan fingerprint density at radius 3 is 1.88 bits per heavy atom. The van der Waals surface area contributed by atoms with Crippen LogP contribution in [0.1, 0.15) is 124 Å². The Morgan fingerprint density at radius 1 is 0.719 bits per heavy atom. The molecule has 0 aliphatic carbocycles. The first-order valence-electron chi connectivity index (χ1n) is 13.1. The fourth-order valence-corrected chi connectivity index (χ4v) is 3.36. The molecular weight excluding hydrogens is 402 g/mol. The second kappa shape index (κ2) is 21.5. The van der Waals surface area contributed by atoms with Crippen LogP contribution < -0.4 is 5.32 Å². The van der Waals surface area contributed by atoms with E-state index in [-0.39, 0.29) is 11.9 Å². The maximum absolute atomic E-state index is 11.7. The van der Waals surface area contributed by atoms with Gasteiger partial charge in [0.15, 0.2) is 0 Å². The van der Waals surface area contributed by atoms with Gasteiger partial charge in [0.2, 0.25) is 0 Å². The van der Waals surface area contributed by atoms with Crippen LogP contribution in [0.15, 0.2) is 12.2 Å². The number of esters is 2. The molecular formula is C27H51NO4. The lowest BCUT2D eigenvalue weighted by Gasteiger charge is -2.19. The second-order valence-electron chi connectivity index (χ2n) is 9.64. The van der Waals surface area contributed by atoms with Crippen LogP contribution in [0, 0.1) is 0 Å². The van der Waals surface area contributed by atoms with Crippen molar-refractivity contribution in [3.63, 3.8) is 0 Å². The van der Waals surface area contributed by atoms with Gasteiger partial charge >= 0.3 is 11.9 Å². The van der Waals surface area contributed by atoms with Gasteiger partial charge in [-0.05, 0) is 52.9 Å². The summed E-state index contributed by atoms with van der Waals surface area (Å²) in [5.41, 5.74) is -0.448. The number of carbonyl (C=O) groups excluding carboxylic acids is 2. The third-order valence-electron chi connectivity index (χ3n) is 5.11. The van der Waals surface area contributed by atoms with E-state index in [1.165, 1.54) is 70.6 Å². The predicted octanol–water partition coefficient (Wildman–Crippen LogP) is 6.89.